The number of hydrogen-bond donors (Lipinski definition) is 1. The van der Waals surface area contributed by atoms with Crippen molar-refractivity contribution in [3.8, 4) is 0 Å². The molecule has 0 atom stereocenters. The highest BCUT2D eigenvalue weighted by Crippen LogP contribution is 2.30. The SMILES string of the molecule is CCC.CCC1(O)CCCCC1. The van der Waals surface area contributed by atoms with Gasteiger partial charge < -0.3 is 5.11 Å². The fraction of sp³-hybridized carbons (Fsp3) is 1.00. The number of rotatable bonds is 1. The summed E-state index contributed by atoms with van der Waals surface area (Å²) in [7, 11) is 0. The van der Waals surface area contributed by atoms with Crippen molar-refractivity contribution in [1.82, 2.24) is 0 Å². The third-order valence-corrected chi connectivity index (χ3v) is 2.44. The smallest absolute Gasteiger partial charge is 0.0645 e. The molecule has 0 aromatic rings. The first-order valence-electron chi connectivity index (χ1n) is 5.41. The van der Waals surface area contributed by atoms with Crippen LogP contribution in [0.4, 0.5) is 0 Å². The van der Waals surface area contributed by atoms with Crippen LogP contribution in [-0.2, 0) is 0 Å². The van der Waals surface area contributed by atoms with Gasteiger partial charge in [0, 0.05) is 0 Å². The van der Waals surface area contributed by atoms with Crippen molar-refractivity contribution >= 4 is 0 Å². The van der Waals surface area contributed by atoms with Gasteiger partial charge in [0.2, 0.25) is 0 Å². The molecule has 0 aromatic heterocycles. The van der Waals surface area contributed by atoms with Crippen molar-refractivity contribution in [3.05, 3.63) is 0 Å². The summed E-state index contributed by atoms with van der Waals surface area (Å²) in [4.78, 5) is 0. The average molecular weight is 172 g/mol. The molecular weight excluding hydrogens is 148 g/mol. The third-order valence-electron chi connectivity index (χ3n) is 2.44. The Morgan fingerprint density at radius 2 is 1.42 bits per heavy atom. The summed E-state index contributed by atoms with van der Waals surface area (Å²) in [6, 6.07) is 0. The number of hydrogen-bond acceptors (Lipinski definition) is 1. The predicted molar refractivity (Wildman–Crippen MR) is 54.3 cm³/mol. The molecule has 1 aliphatic carbocycles. The Hall–Kier alpha value is -0.0400. The Morgan fingerprint density at radius 1 is 1.00 bits per heavy atom. The Bertz CT molecular complexity index is 93.2. The molecule has 1 fully saturated rings. The van der Waals surface area contributed by atoms with Crippen molar-refractivity contribution in [3.63, 3.8) is 0 Å². The molecule has 1 N–H and O–H groups in total. The summed E-state index contributed by atoms with van der Waals surface area (Å²) in [5.41, 5.74) is -0.280. The van der Waals surface area contributed by atoms with Crippen molar-refractivity contribution in [2.45, 2.75) is 71.3 Å². The largest absolute Gasteiger partial charge is 0.390 e. The predicted octanol–water partition coefficient (Wildman–Crippen LogP) is 3.51. The van der Waals surface area contributed by atoms with Crippen LogP contribution in [0.5, 0.6) is 0 Å². The van der Waals surface area contributed by atoms with Gasteiger partial charge in [-0.05, 0) is 19.3 Å². The van der Waals surface area contributed by atoms with E-state index < -0.39 is 0 Å². The van der Waals surface area contributed by atoms with Gasteiger partial charge in [-0.1, -0.05) is 46.5 Å². The van der Waals surface area contributed by atoms with E-state index in [2.05, 4.69) is 20.8 Å². The van der Waals surface area contributed by atoms with E-state index in [4.69, 9.17) is 0 Å². The lowest BCUT2D eigenvalue weighted by Crippen LogP contribution is -2.29. The highest BCUT2D eigenvalue weighted by molar-refractivity contribution is 4.79. The van der Waals surface area contributed by atoms with Crippen LogP contribution >= 0.6 is 0 Å². The molecule has 0 saturated heterocycles. The van der Waals surface area contributed by atoms with Gasteiger partial charge in [-0.3, -0.25) is 0 Å². The minimum atomic E-state index is -0.280. The summed E-state index contributed by atoms with van der Waals surface area (Å²) in [6.45, 7) is 6.32. The van der Waals surface area contributed by atoms with Gasteiger partial charge in [-0.15, -0.1) is 0 Å². The van der Waals surface area contributed by atoms with E-state index in [9.17, 15) is 5.11 Å². The first-order valence-corrected chi connectivity index (χ1v) is 5.41. The minimum Gasteiger partial charge on any atom is -0.390 e. The lowest BCUT2D eigenvalue weighted by atomic mass is 9.83. The van der Waals surface area contributed by atoms with E-state index in [0.29, 0.717) is 0 Å². The van der Waals surface area contributed by atoms with Gasteiger partial charge in [0.25, 0.3) is 0 Å². The molecule has 0 aromatic carbocycles. The Morgan fingerprint density at radius 3 is 1.67 bits per heavy atom. The van der Waals surface area contributed by atoms with Crippen molar-refractivity contribution in [1.29, 1.82) is 0 Å². The fourth-order valence-corrected chi connectivity index (χ4v) is 1.56. The molecular formula is C11H24O. The van der Waals surface area contributed by atoms with Crippen LogP contribution in [0, 0.1) is 0 Å². The summed E-state index contributed by atoms with van der Waals surface area (Å²) in [5.74, 6) is 0. The van der Waals surface area contributed by atoms with Gasteiger partial charge in [0.1, 0.15) is 0 Å². The molecule has 1 heteroatoms. The standard InChI is InChI=1S/C8H16O.C3H8/c1-2-8(9)6-4-3-5-7-8;1-3-2/h9H,2-7H2,1H3;3H2,1-2H3. The van der Waals surface area contributed by atoms with Crippen molar-refractivity contribution < 1.29 is 5.11 Å². The van der Waals surface area contributed by atoms with Crippen LogP contribution in [0.1, 0.15) is 65.7 Å². The van der Waals surface area contributed by atoms with E-state index in [1.807, 2.05) is 0 Å². The summed E-state index contributed by atoms with van der Waals surface area (Å²) in [6.07, 6.45) is 8.02. The third kappa shape index (κ3) is 4.76. The van der Waals surface area contributed by atoms with Gasteiger partial charge in [-0.25, -0.2) is 0 Å². The molecule has 0 bridgehead atoms. The lowest BCUT2D eigenvalue weighted by Gasteiger charge is -2.30. The van der Waals surface area contributed by atoms with Crippen LogP contribution in [-0.4, -0.2) is 10.7 Å². The molecule has 0 spiro atoms. The maximum atomic E-state index is 9.68. The van der Waals surface area contributed by atoms with Crippen LogP contribution in [0.15, 0.2) is 0 Å². The molecule has 0 radical (unpaired) electrons. The molecule has 0 unspecified atom stereocenters. The van der Waals surface area contributed by atoms with E-state index in [0.717, 1.165) is 19.3 Å². The molecule has 0 aliphatic heterocycles. The van der Waals surface area contributed by atoms with Gasteiger partial charge in [0.15, 0.2) is 0 Å². The zero-order valence-electron chi connectivity index (χ0n) is 8.90. The molecule has 74 valence electrons. The maximum absolute atomic E-state index is 9.68. The minimum absolute atomic E-state index is 0.280. The fourth-order valence-electron chi connectivity index (χ4n) is 1.56. The molecule has 0 amide bonds. The van der Waals surface area contributed by atoms with Gasteiger partial charge in [-0.2, -0.15) is 0 Å². The average Bonchev–Trinajstić information content (AvgIpc) is 2.07. The van der Waals surface area contributed by atoms with Crippen LogP contribution in [0.25, 0.3) is 0 Å². The molecule has 1 saturated carbocycles. The van der Waals surface area contributed by atoms with Crippen molar-refractivity contribution in [2.75, 3.05) is 0 Å². The van der Waals surface area contributed by atoms with Gasteiger partial charge in [0.05, 0.1) is 5.60 Å². The van der Waals surface area contributed by atoms with Crippen LogP contribution in [0.2, 0.25) is 0 Å². The molecule has 0 heterocycles. The first-order chi connectivity index (χ1) is 5.68. The van der Waals surface area contributed by atoms with Crippen LogP contribution in [0.3, 0.4) is 0 Å². The maximum Gasteiger partial charge on any atom is 0.0645 e. The van der Waals surface area contributed by atoms with Crippen LogP contribution < -0.4 is 0 Å². The molecule has 1 aliphatic rings. The molecule has 12 heavy (non-hydrogen) atoms. The van der Waals surface area contributed by atoms with Crippen molar-refractivity contribution in [2.24, 2.45) is 0 Å². The Labute approximate surface area is 77.2 Å². The monoisotopic (exact) mass is 172 g/mol. The second-order valence-corrected chi connectivity index (χ2v) is 3.85. The highest BCUT2D eigenvalue weighted by atomic mass is 16.3. The molecule has 1 rings (SSSR count). The van der Waals surface area contributed by atoms with E-state index in [-0.39, 0.29) is 5.60 Å². The first kappa shape index (κ1) is 12.0. The van der Waals surface area contributed by atoms with Gasteiger partial charge >= 0.3 is 0 Å². The van der Waals surface area contributed by atoms with E-state index in [1.165, 1.54) is 25.7 Å². The normalized spacial score (nSPS) is 21.0. The zero-order valence-corrected chi connectivity index (χ0v) is 8.90. The second-order valence-electron chi connectivity index (χ2n) is 3.85. The Kier molecular flexibility index (Phi) is 6.45. The van der Waals surface area contributed by atoms with E-state index in [1.54, 1.807) is 0 Å². The topological polar surface area (TPSA) is 20.2 Å². The molecule has 1 nitrogen and oxygen atoms in total. The highest BCUT2D eigenvalue weighted by Gasteiger charge is 2.26. The summed E-state index contributed by atoms with van der Waals surface area (Å²) < 4.78 is 0. The second kappa shape index (κ2) is 6.47. The quantitative estimate of drug-likeness (QED) is 0.641. The Balaban J connectivity index is 0.000000354. The summed E-state index contributed by atoms with van der Waals surface area (Å²) in [5, 5.41) is 9.68. The van der Waals surface area contributed by atoms with E-state index >= 15 is 0 Å². The number of aliphatic hydroxyl groups is 1. The summed E-state index contributed by atoms with van der Waals surface area (Å²) >= 11 is 0. The zero-order chi connectivity index (χ0) is 9.45. The lowest BCUT2D eigenvalue weighted by molar-refractivity contribution is 0.000673.